The SMILES string of the molecule is CC1(C(=O)O)CCN(C(=O)Cc2c[nH]c3ccccc23)C1. The third kappa shape index (κ3) is 2.39. The Morgan fingerprint density at radius 2 is 2.14 bits per heavy atom. The molecule has 1 saturated heterocycles. The number of aromatic nitrogens is 1. The largest absolute Gasteiger partial charge is 0.481 e. The van der Waals surface area contributed by atoms with E-state index >= 15 is 0 Å². The van der Waals surface area contributed by atoms with Crippen molar-refractivity contribution >= 4 is 22.8 Å². The molecule has 2 aromatic rings. The fourth-order valence-electron chi connectivity index (χ4n) is 2.90. The van der Waals surface area contributed by atoms with Crippen LogP contribution < -0.4 is 0 Å². The van der Waals surface area contributed by atoms with Crippen LogP contribution >= 0.6 is 0 Å². The van der Waals surface area contributed by atoms with Crippen LogP contribution in [-0.4, -0.2) is 40.0 Å². The van der Waals surface area contributed by atoms with Crippen molar-refractivity contribution in [1.29, 1.82) is 0 Å². The topological polar surface area (TPSA) is 73.4 Å². The molecular weight excluding hydrogens is 268 g/mol. The fourth-order valence-corrected chi connectivity index (χ4v) is 2.90. The third-order valence-electron chi connectivity index (χ3n) is 4.36. The number of carboxylic acids is 1. The van der Waals surface area contributed by atoms with Crippen LogP contribution in [0.5, 0.6) is 0 Å². The van der Waals surface area contributed by atoms with Crippen LogP contribution in [0.4, 0.5) is 0 Å². The minimum absolute atomic E-state index is 0.00951. The highest BCUT2D eigenvalue weighted by Gasteiger charge is 2.41. The van der Waals surface area contributed by atoms with Gasteiger partial charge in [-0.3, -0.25) is 9.59 Å². The molecule has 1 fully saturated rings. The molecule has 0 radical (unpaired) electrons. The monoisotopic (exact) mass is 286 g/mol. The van der Waals surface area contributed by atoms with Crippen LogP contribution in [0.1, 0.15) is 18.9 Å². The van der Waals surface area contributed by atoms with Gasteiger partial charge in [-0.2, -0.15) is 0 Å². The van der Waals surface area contributed by atoms with Crippen LogP contribution in [0.25, 0.3) is 10.9 Å². The first-order valence-corrected chi connectivity index (χ1v) is 7.06. The van der Waals surface area contributed by atoms with Gasteiger partial charge in [-0.05, 0) is 25.0 Å². The van der Waals surface area contributed by atoms with Gasteiger partial charge in [0, 0.05) is 30.2 Å². The molecule has 1 aliphatic rings. The molecule has 1 amide bonds. The lowest BCUT2D eigenvalue weighted by Crippen LogP contribution is -2.35. The number of benzene rings is 1. The quantitative estimate of drug-likeness (QED) is 0.906. The summed E-state index contributed by atoms with van der Waals surface area (Å²) in [5.74, 6) is -0.838. The molecule has 0 aliphatic carbocycles. The molecule has 21 heavy (non-hydrogen) atoms. The van der Waals surface area contributed by atoms with E-state index in [0.717, 1.165) is 16.5 Å². The molecule has 1 aliphatic heterocycles. The van der Waals surface area contributed by atoms with Gasteiger partial charge >= 0.3 is 5.97 Å². The van der Waals surface area contributed by atoms with Gasteiger partial charge in [0.05, 0.1) is 11.8 Å². The Bertz CT molecular complexity index is 706. The predicted octanol–water partition coefficient (Wildman–Crippen LogP) is 2.03. The number of aromatic amines is 1. The Hall–Kier alpha value is -2.30. The second-order valence-electron chi connectivity index (χ2n) is 5.97. The highest BCUT2D eigenvalue weighted by Crippen LogP contribution is 2.30. The number of rotatable bonds is 3. The lowest BCUT2D eigenvalue weighted by molar-refractivity contribution is -0.147. The number of fused-ring (bicyclic) bond motifs is 1. The van der Waals surface area contributed by atoms with Crippen molar-refractivity contribution in [2.75, 3.05) is 13.1 Å². The molecule has 1 aromatic heterocycles. The average molecular weight is 286 g/mol. The molecule has 0 spiro atoms. The van der Waals surface area contributed by atoms with Crippen molar-refractivity contribution < 1.29 is 14.7 Å². The number of H-pyrrole nitrogens is 1. The number of nitrogens with zero attached hydrogens (tertiary/aromatic N) is 1. The van der Waals surface area contributed by atoms with E-state index in [1.807, 2.05) is 30.5 Å². The zero-order valence-corrected chi connectivity index (χ0v) is 11.9. The van der Waals surface area contributed by atoms with Crippen molar-refractivity contribution in [3.8, 4) is 0 Å². The second-order valence-corrected chi connectivity index (χ2v) is 5.97. The summed E-state index contributed by atoms with van der Waals surface area (Å²) in [6.45, 7) is 2.52. The first kappa shape index (κ1) is 13.7. The number of carboxylic acid groups (broad SMARTS) is 1. The molecule has 5 nitrogen and oxygen atoms in total. The van der Waals surface area contributed by atoms with Crippen molar-refractivity contribution in [2.45, 2.75) is 19.8 Å². The lowest BCUT2D eigenvalue weighted by Gasteiger charge is -2.20. The summed E-state index contributed by atoms with van der Waals surface area (Å²) >= 11 is 0. The fraction of sp³-hybridized carbons (Fsp3) is 0.375. The zero-order valence-electron chi connectivity index (χ0n) is 11.9. The summed E-state index contributed by atoms with van der Waals surface area (Å²) in [6.07, 6.45) is 2.68. The van der Waals surface area contributed by atoms with Crippen LogP contribution in [0.15, 0.2) is 30.5 Å². The maximum absolute atomic E-state index is 12.4. The van der Waals surface area contributed by atoms with Gasteiger partial charge in [0.15, 0.2) is 0 Å². The highest BCUT2D eigenvalue weighted by atomic mass is 16.4. The Morgan fingerprint density at radius 3 is 2.86 bits per heavy atom. The molecule has 2 heterocycles. The number of nitrogens with one attached hydrogen (secondary N) is 1. The van der Waals surface area contributed by atoms with Crippen LogP contribution in [-0.2, 0) is 16.0 Å². The average Bonchev–Trinajstić information content (AvgIpc) is 3.05. The summed E-state index contributed by atoms with van der Waals surface area (Å²) in [4.78, 5) is 28.4. The number of para-hydroxylation sites is 1. The Morgan fingerprint density at radius 1 is 1.38 bits per heavy atom. The van der Waals surface area contributed by atoms with Crippen molar-refractivity contribution in [1.82, 2.24) is 9.88 Å². The number of aliphatic carboxylic acids is 1. The Kier molecular flexibility index (Phi) is 3.20. The van der Waals surface area contributed by atoms with Gasteiger partial charge in [0.2, 0.25) is 5.91 Å². The van der Waals surface area contributed by atoms with Gasteiger partial charge < -0.3 is 15.0 Å². The van der Waals surface area contributed by atoms with E-state index in [0.29, 0.717) is 25.9 Å². The predicted molar refractivity (Wildman–Crippen MR) is 78.9 cm³/mol. The van der Waals surface area contributed by atoms with Crippen LogP contribution in [0.2, 0.25) is 0 Å². The Balaban J connectivity index is 1.74. The van der Waals surface area contributed by atoms with E-state index in [2.05, 4.69) is 4.98 Å². The smallest absolute Gasteiger partial charge is 0.311 e. The first-order chi connectivity index (χ1) is 9.99. The lowest BCUT2D eigenvalue weighted by atomic mass is 9.90. The van der Waals surface area contributed by atoms with E-state index < -0.39 is 11.4 Å². The molecule has 3 rings (SSSR count). The minimum Gasteiger partial charge on any atom is -0.481 e. The van der Waals surface area contributed by atoms with Crippen molar-refractivity contribution in [2.24, 2.45) is 5.41 Å². The molecule has 1 atom stereocenters. The van der Waals surface area contributed by atoms with E-state index in [-0.39, 0.29) is 5.91 Å². The first-order valence-electron chi connectivity index (χ1n) is 7.06. The van der Waals surface area contributed by atoms with E-state index in [1.165, 1.54) is 0 Å². The Labute approximate surface area is 122 Å². The van der Waals surface area contributed by atoms with E-state index in [9.17, 15) is 14.7 Å². The zero-order chi connectivity index (χ0) is 15.0. The minimum atomic E-state index is -0.829. The van der Waals surface area contributed by atoms with Gasteiger partial charge in [-0.1, -0.05) is 18.2 Å². The molecule has 5 heteroatoms. The number of hydrogen-bond donors (Lipinski definition) is 2. The number of hydrogen-bond acceptors (Lipinski definition) is 2. The second kappa shape index (κ2) is 4.91. The van der Waals surface area contributed by atoms with E-state index in [4.69, 9.17) is 0 Å². The molecule has 0 bridgehead atoms. The van der Waals surface area contributed by atoms with E-state index in [1.54, 1.807) is 11.8 Å². The van der Waals surface area contributed by atoms with Crippen LogP contribution in [0.3, 0.4) is 0 Å². The highest BCUT2D eigenvalue weighted by molar-refractivity contribution is 5.89. The van der Waals surface area contributed by atoms with Gasteiger partial charge in [-0.15, -0.1) is 0 Å². The standard InChI is InChI=1S/C16H18N2O3/c1-16(15(20)21)6-7-18(10-16)14(19)8-11-9-17-13-5-3-2-4-12(11)13/h2-5,9,17H,6-8,10H2,1H3,(H,20,21). The maximum Gasteiger partial charge on any atom is 0.311 e. The maximum atomic E-state index is 12.4. The molecule has 110 valence electrons. The van der Waals surface area contributed by atoms with Gasteiger partial charge in [0.1, 0.15) is 0 Å². The number of carbonyl (C=O) groups is 2. The molecule has 1 unspecified atom stereocenters. The molecule has 1 aromatic carbocycles. The third-order valence-corrected chi connectivity index (χ3v) is 4.36. The molecule has 2 N–H and O–H groups in total. The van der Waals surface area contributed by atoms with Crippen molar-refractivity contribution in [3.63, 3.8) is 0 Å². The van der Waals surface area contributed by atoms with Crippen LogP contribution in [0, 0.1) is 5.41 Å². The molecular formula is C16H18N2O3. The number of likely N-dealkylation sites (tertiary alicyclic amines) is 1. The summed E-state index contributed by atoms with van der Waals surface area (Å²) < 4.78 is 0. The summed E-state index contributed by atoms with van der Waals surface area (Å²) in [6, 6.07) is 7.85. The normalized spacial score (nSPS) is 21.9. The van der Waals surface area contributed by atoms with Gasteiger partial charge in [0.25, 0.3) is 0 Å². The number of carbonyl (C=O) groups excluding carboxylic acids is 1. The summed E-state index contributed by atoms with van der Waals surface area (Å²) in [5, 5.41) is 10.3. The number of amides is 1. The van der Waals surface area contributed by atoms with Crippen molar-refractivity contribution in [3.05, 3.63) is 36.0 Å². The van der Waals surface area contributed by atoms with Gasteiger partial charge in [-0.25, -0.2) is 0 Å². The molecule has 0 saturated carbocycles. The summed E-state index contributed by atoms with van der Waals surface area (Å²) in [5.41, 5.74) is 1.16. The summed E-state index contributed by atoms with van der Waals surface area (Å²) in [7, 11) is 0.